The van der Waals surface area contributed by atoms with Crippen LogP contribution in [-0.4, -0.2) is 45.5 Å². The first-order valence-corrected chi connectivity index (χ1v) is 11.9. The van der Waals surface area contributed by atoms with Gasteiger partial charge in [0.2, 0.25) is 5.67 Å². The fourth-order valence-electron chi connectivity index (χ4n) is 3.94. The quantitative estimate of drug-likeness (QED) is 0.380. The predicted octanol–water partition coefficient (Wildman–Crippen LogP) is 4.79. The zero-order chi connectivity index (χ0) is 25.3. The van der Waals surface area contributed by atoms with Crippen LogP contribution >= 0.6 is 0 Å². The first kappa shape index (κ1) is 24.2. The van der Waals surface area contributed by atoms with Gasteiger partial charge in [0.25, 0.3) is 0 Å². The fraction of sp³-hybridized carbons (Fsp3) is 0.455. The molecular formula is C22H24F4N6OS. The Hall–Kier alpha value is -2.89. The lowest BCUT2D eigenvalue weighted by Gasteiger charge is -2.22. The van der Waals surface area contributed by atoms with Gasteiger partial charge in [-0.15, -0.1) is 10.2 Å². The highest BCUT2D eigenvalue weighted by Gasteiger charge is 2.55. The van der Waals surface area contributed by atoms with Gasteiger partial charge >= 0.3 is 6.18 Å². The van der Waals surface area contributed by atoms with E-state index in [1.54, 1.807) is 18.5 Å². The number of pyridine rings is 1. The maximum absolute atomic E-state index is 14.5. The lowest BCUT2D eigenvalue weighted by atomic mass is 10.0. The van der Waals surface area contributed by atoms with E-state index in [1.165, 1.54) is 4.57 Å². The molecule has 182 valence electrons. The first-order valence-electron chi connectivity index (χ1n) is 10.6. The number of aromatic nitrogens is 6. The molecule has 0 bridgehead atoms. The van der Waals surface area contributed by atoms with Crippen molar-refractivity contribution in [3.8, 4) is 11.5 Å². The summed E-state index contributed by atoms with van der Waals surface area (Å²) in [4.78, 5) is 4.92. The molecule has 7 nitrogen and oxygen atoms in total. The molecule has 0 aliphatic rings. The SMILES string of the molecule is CCS(=O)c1c(-c2nc3cc(C(C)(F)C(F)(F)F)nnc3n2C)nn2c(C)c(C)c(C)c(C)c12. The average Bonchev–Trinajstić information content (AvgIpc) is 3.33. The number of aryl methyl sites for hydroxylation is 3. The summed E-state index contributed by atoms with van der Waals surface area (Å²) in [7, 11) is 0.186. The summed E-state index contributed by atoms with van der Waals surface area (Å²) in [5, 5.41) is 12.0. The van der Waals surface area contributed by atoms with Crippen LogP contribution in [0.2, 0.25) is 0 Å². The van der Waals surface area contributed by atoms with Gasteiger partial charge < -0.3 is 4.57 Å². The average molecular weight is 497 g/mol. The summed E-state index contributed by atoms with van der Waals surface area (Å²) in [6, 6.07) is 0.941. The van der Waals surface area contributed by atoms with E-state index in [-0.39, 0.29) is 17.0 Å². The maximum Gasteiger partial charge on any atom is 0.428 e. The Morgan fingerprint density at radius 1 is 1.03 bits per heavy atom. The molecule has 2 atom stereocenters. The summed E-state index contributed by atoms with van der Waals surface area (Å²) in [5.41, 5.74) is 0.555. The zero-order valence-electron chi connectivity index (χ0n) is 19.8. The molecule has 0 spiro atoms. The molecule has 0 radical (unpaired) electrons. The molecule has 34 heavy (non-hydrogen) atoms. The van der Waals surface area contributed by atoms with E-state index >= 15 is 0 Å². The molecule has 4 heterocycles. The van der Waals surface area contributed by atoms with Gasteiger partial charge in [0.05, 0.1) is 21.2 Å². The van der Waals surface area contributed by atoms with Gasteiger partial charge in [0.1, 0.15) is 16.9 Å². The molecule has 2 unspecified atom stereocenters. The summed E-state index contributed by atoms with van der Waals surface area (Å²) >= 11 is 0. The van der Waals surface area contributed by atoms with Gasteiger partial charge in [-0.3, -0.25) is 4.21 Å². The molecular weight excluding hydrogens is 472 g/mol. The number of imidazole rings is 1. The molecule has 4 rings (SSSR count). The second-order valence-electron chi connectivity index (χ2n) is 8.47. The number of hydrogen-bond acceptors (Lipinski definition) is 5. The number of nitrogens with zero attached hydrogens (tertiary/aromatic N) is 6. The van der Waals surface area contributed by atoms with Crippen LogP contribution in [0.1, 0.15) is 41.9 Å². The minimum absolute atomic E-state index is 0.0294. The van der Waals surface area contributed by atoms with Gasteiger partial charge in [-0.25, -0.2) is 13.9 Å². The molecule has 0 saturated heterocycles. The highest BCUT2D eigenvalue weighted by atomic mass is 32.2. The summed E-state index contributed by atoms with van der Waals surface area (Å²) in [5.74, 6) is 0.586. The molecule has 0 aliphatic carbocycles. The van der Waals surface area contributed by atoms with E-state index < -0.39 is 28.3 Å². The molecule has 0 N–H and O–H groups in total. The van der Waals surface area contributed by atoms with Crippen molar-refractivity contribution < 1.29 is 21.8 Å². The van der Waals surface area contributed by atoms with Crippen LogP contribution in [0.25, 0.3) is 28.2 Å². The third-order valence-corrected chi connectivity index (χ3v) is 7.88. The molecule has 0 saturated carbocycles. The molecule has 0 aliphatic heterocycles. The molecule has 0 fully saturated rings. The monoisotopic (exact) mass is 496 g/mol. The fourth-order valence-corrected chi connectivity index (χ4v) is 5.03. The van der Waals surface area contributed by atoms with Crippen molar-refractivity contribution in [2.75, 3.05) is 5.75 Å². The molecule has 0 amide bonds. The Morgan fingerprint density at radius 2 is 1.68 bits per heavy atom. The largest absolute Gasteiger partial charge is 0.428 e. The second-order valence-corrected chi connectivity index (χ2v) is 10.1. The normalized spacial score (nSPS) is 15.3. The van der Waals surface area contributed by atoms with E-state index in [2.05, 4.69) is 15.2 Å². The second kappa shape index (κ2) is 7.82. The Balaban J connectivity index is 2.05. The van der Waals surface area contributed by atoms with Crippen LogP contribution < -0.4 is 0 Å². The highest BCUT2D eigenvalue weighted by molar-refractivity contribution is 7.85. The number of fused-ring (bicyclic) bond motifs is 2. The van der Waals surface area contributed by atoms with Crippen molar-refractivity contribution in [2.24, 2.45) is 7.05 Å². The molecule has 4 aromatic rings. The van der Waals surface area contributed by atoms with Gasteiger partial charge in [-0.1, -0.05) is 6.92 Å². The smallest absolute Gasteiger partial charge is 0.309 e. The van der Waals surface area contributed by atoms with Gasteiger partial charge in [-0.05, 0) is 57.4 Å². The first-order chi connectivity index (χ1) is 15.7. The number of rotatable bonds is 4. The predicted molar refractivity (Wildman–Crippen MR) is 121 cm³/mol. The molecule has 12 heteroatoms. The zero-order valence-corrected chi connectivity index (χ0v) is 20.6. The Labute approximate surface area is 195 Å². The van der Waals surface area contributed by atoms with E-state index in [4.69, 9.17) is 5.10 Å². The van der Waals surface area contributed by atoms with Crippen molar-refractivity contribution >= 4 is 27.5 Å². The van der Waals surface area contributed by atoms with E-state index in [0.717, 1.165) is 28.5 Å². The van der Waals surface area contributed by atoms with Gasteiger partial charge in [0, 0.05) is 18.5 Å². The van der Waals surface area contributed by atoms with Crippen LogP contribution in [0.15, 0.2) is 11.0 Å². The summed E-state index contributed by atoms with van der Waals surface area (Å²) in [6.07, 6.45) is -5.16. The maximum atomic E-state index is 14.5. The molecule has 0 aromatic carbocycles. The number of hydrogen-bond donors (Lipinski definition) is 0. The Morgan fingerprint density at radius 3 is 2.26 bits per heavy atom. The van der Waals surface area contributed by atoms with Gasteiger partial charge in [0.15, 0.2) is 11.5 Å². The number of halogens is 4. The van der Waals surface area contributed by atoms with Crippen molar-refractivity contribution in [3.05, 3.63) is 34.1 Å². The minimum atomic E-state index is -5.16. The summed E-state index contributed by atoms with van der Waals surface area (Å²) in [6.45, 7) is 10.0. The van der Waals surface area contributed by atoms with E-state index in [9.17, 15) is 21.8 Å². The van der Waals surface area contributed by atoms with Gasteiger partial charge in [-0.2, -0.15) is 18.3 Å². The topological polar surface area (TPSA) is 78.0 Å². The standard InChI is InChI=1S/C22H24F4N6OS/c1-8-34(33)18-16(30-32-13(5)11(3)10(2)12(4)17(18)32)20-27-14-9-15(21(6,23)22(24,25)26)28-29-19(14)31(20)7/h9H,8H2,1-7H3. The van der Waals surface area contributed by atoms with E-state index in [0.29, 0.717) is 28.8 Å². The Kier molecular flexibility index (Phi) is 5.58. The van der Waals surface area contributed by atoms with Crippen LogP contribution in [-0.2, 0) is 23.5 Å². The highest BCUT2D eigenvalue weighted by Crippen LogP contribution is 2.42. The summed E-state index contributed by atoms with van der Waals surface area (Å²) < 4.78 is 70.5. The minimum Gasteiger partial charge on any atom is -0.309 e. The number of alkyl halides is 4. The van der Waals surface area contributed by atoms with E-state index in [1.807, 2.05) is 27.7 Å². The van der Waals surface area contributed by atoms with Crippen LogP contribution in [0.3, 0.4) is 0 Å². The van der Waals surface area contributed by atoms with Crippen molar-refractivity contribution in [3.63, 3.8) is 0 Å². The van der Waals surface area contributed by atoms with Crippen molar-refractivity contribution in [2.45, 2.75) is 58.3 Å². The van der Waals surface area contributed by atoms with Crippen molar-refractivity contribution in [1.82, 2.24) is 29.4 Å². The lowest BCUT2D eigenvalue weighted by molar-refractivity contribution is -0.230. The van der Waals surface area contributed by atoms with Crippen LogP contribution in [0.4, 0.5) is 17.6 Å². The van der Waals surface area contributed by atoms with Crippen LogP contribution in [0, 0.1) is 27.7 Å². The third kappa shape index (κ3) is 3.33. The lowest BCUT2D eigenvalue weighted by Crippen LogP contribution is -2.36. The van der Waals surface area contributed by atoms with Crippen LogP contribution in [0.5, 0.6) is 0 Å². The molecule has 4 aromatic heterocycles. The third-order valence-electron chi connectivity index (χ3n) is 6.51. The van der Waals surface area contributed by atoms with Crippen molar-refractivity contribution in [1.29, 1.82) is 0 Å². The Bertz CT molecular complexity index is 1490.